The van der Waals surface area contributed by atoms with E-state index in [1.807, 2.05) is 75.5 Å². The largest absolute Gasteiger partial charge is 0.378 e. The van der Waals surface area contributed by atoms with E-state index in [1.54, 1.807) is 15.8 Å². The summed E-state index contributed by atoms with van der Waals surface area (Å²) in [5.74, 6) is -1.11. The number of amides is 3. The van der Waals surface area contributed by atoms with Gasteiger partial charge >= 0.3 is 0 Å². The van der Waals surface area contributed by atoms with E-state index >= 15 is 0 Å². The lowest BCUT2D eigenvalue weighted by Gasteiger charge is -2.38. The molecule has 1 unspecified atom stereocenters. The van der Waals surface area contributed by atoms with Crippen LogP contribution in [-0.2, 0) is 27.4 Å². The first-order chi connectivity index (χ1) is 23.7. The summed E-state index contributed by atoms with van der Waals surface area (Å²) < 4.78 is 21.3. The second kappa shape index (κ2) is 14.5. The van der Waals surface area contributed by atoms with Gasteiger partial charge in [0.1, 0.15) is 24.2 Å². The third-order valence-electron chi connectivity index (χ3n) is 9.38. The molecule has 0 aliphatic carbocycles. The van der Waals surface area contributed by atoms with Gasteiger partial charge in [-0.05, 0) is 50.2 Å². The maximum atomic E-state index is 14.3. The van der Waals surface area contributed by atoms with E-state index < -0.39 is 24.5 Å². The molecular weight excluding hydrogens is 627 g/mol. The minimum absolute atomic E-state index is 0.0195. The highest BCUT2D eigenvalue weighted by molar-refractivity contribution is 6.04. The van der Waals surface area contributed by atoms with Crippen LogP contribution in [0.1, 0.15) is 46.9 Å². The van der Waals surface area contributed by atoms with Crippen molar-refractivity contribution < 1.29 is 23.5 Å². The molecule has 3 atom stereocenters. The molecule has 2 aromatic carbocycles. The molecule has 0 bridgehead atoms. The third kappa shape index (κ3) is 6.76. The summed E-state index contributed by atoms with van der Waals surface area (Å²) in [5, 5.41) is 14.8. The zero-order valence-electron chi connectivity index (χ0n) is 27.9. The number of halogens is 1. The number of carbonyl (C=O) groups excluding carboxylic acids is 3. The lowest BCUT2D eigenvalue weighted by atomic mass is 9.82. The third-order valence-corrected chi connectivity index (χ3v) is 9.38. The van der Waals surface area contributed by atoms with Crippen LogP contribution in [0.15, 0.2) is 85.2 Å². The van der Waals surface area contributed by atoms with Crippen LogP contribution in [0.25, 0.3) is 5.69 Å². The lowest BCUT2D eigenvalue weighted by Crippen LogP contribution is -2.55. The molecule has 0 saturated carbocycles. The van der Waals surface area contributed by atoms with Crippen LogP contribution in [0.4, 0.5) is 10.2 Å². The fourth-order valence-corrected chi connectivity index (χ4v) is 6.33. The molecule has 4 aromatic rings. The Balaban J connectivity index is 1.31. The first-order valence-electron chi connectivity index (χ1n) is 16.4. The number of aromatic nitrogens is 4. The van der Waals surface area contributed by atoms with E-state index in [0.29, 0.717) is 31.1 Å². The van der Waals surface area contributed by atoms with Crippen LogP contribution in [-0.4, -0.2) is 93.8 Å². The molecular formula is C36H41FN8O4. The molecule has 1 fully saturated rings. The highest BCUT2D eigenvalue weighted by Crippen LogP contribution is 2.41. The Bertz CT molecular complexity index is 1830. The number of para-hydroxylation sites is 1. The van der Waals surface area contributed by atoms with E-state index in [1.165, 1.54) is 16.9 Å². The number of rotatable bonds is 13. The zero-order valence-corrected chi connectivity index (χ0v) is 27.9. The number of hydrogen-bond acceptors (Lipinski definition) is 7. The Morgan fingerprint density at radius 2 is 1.92 bits per heavy atom. The van der Waals surface area contributed by atoms with E-state index in [9.17, 15) is 18.8 Å². The SMILES string of the molecule is C=C(C(=O)NCc1cccc([C@@H]2c3cnn(-c4ccccc4)c3N(CC)C(=O)[C@H]2NC(=O)c2ccn(CCF)n2)c1)C(C)N(C)C1COC1. The van der Waals surface area contributed by atoms with Crippen LogP contribution in [0.2, 0.25) is 0 Å². The number of alkyl halides is 1. The maximum absolute atomic E-state index is 14.3. The molecule has 4 heterocycles. The number of ether oxygens (including phenoxy) is 1. The molecule has 3 amide bonds. The number of nitrogens with zero attached hydrogens (tertiary/aromatic N) is 6. The molecule has 12 nitrogen and oxygen atoms in total. The van der Waals surface area contributed by atoms with Gasteiger partial charge in [-0.1, -0.05) is 49.0 Å². The zero-order chi connectivity index (χ0) is 34.7. The summed E-state index contributed by atoms with van der Waals surface area (Å²) in [6.45, 7) is 9.12. The Morgan fingerprint density at radius 3 is 2.61 bits per heavy atom. The van der Waals surface area contributed by atoms with Gasteiger partial charge in [-0.15, -0.1) is 0 Å². The lowest BCUT2D eigenvalue weighted by molar-refractivity contribution is -0.121. The van der Waals surface area contributed by atoms with Gasteiger partial charge in [-0.25, -0.2) is 9.07 Å². The molecule has 2 aliphatic rings. The second-order valence-corrected chi connectivity index (χ2v) is 12.3. The number of aryl methyl sites for hydroxylation is 1. The van der Waals surface area contributed by atoms with Gasteiger partial charge in [0.05, 0.1) is 37.7 Å². The van der Waals surface area contributed by atoms with E-state index in [-0.39, 0.29) is 42.7 Å². The molecule has 6 rings (SSSR count). The first kappa shape index (κ1) is 33.7. The van der Waals surface area contributed by atoms with Crippen LogP contribution in [0, 0.1) is 0 Å². The van der Waals surface area contributed by atoms with Crippen molar-refractivity contribution in [2.75, 3.05) is 38.4 Å². The van der Waals surface area contributed by atoms with E-state index in [0.717, 1.165) is 22.4 Å². The molecule has 49 heavy (non-hydrogen) atoms. The summed E-state index contributed by atoms with van der Waals surface area (Å²) in [4.78, 5) is 44.7. The van der Waals surface area contributed by atoms with Crippen LogP contribution in [0.3, 0.4) is 0 Å². The van der Waals surface area contributed by atoms with Crippen molar-refractivity contribution in [2.45, 2.75) is 51.0 Å². The molecule has 256 valence electrons. The van der Waals surface area contributed by atoms with Gasteiger partial charge in [0.15, 0.2) is 0 Å². The summed E-state index contributed by atoms with van der Waals surface area (Å²) in [7, 11) is 1.96. The van der Waals surface area contributed by atoms with E-state index in [2.05, 4.69) is 27.2 Å². The molecule has 2 N–H and O–H groups in total. The molecule has 2 aromatic heterocycles. The Kier molecular flexibility index (Phi) is 10.0. The van der Waals surface area contributed by atoms with Gasteiger partial charge in [0, 0.05) is 42.4 Å². The fourth-order valence-electron chi connectivity index (χ4n) is 6.33. The minimum Gasteiger partial charge on any atom is -0.378 e. The van der Waals surface area contributed by atoms with Gasteiger partial charge in [0.2, 0.25) is 5.91 Å². The van der Waals surface area contributed by atoms with Crippen LogP contribution >= 0.6 is 0 Å². The number of likely N-dealkylation sites (N-methyl/N-ethyl adjacent to an activating group) is 2. The normalized spacial score (nSPS) is 18.1. The standard InChI is InChI=1S/C36H41FN8O4/c1-5-44-35-29(20-39-45(35)27-12-7-6-8-13-27)31(32(36(44)48)40-34(47)30-14-16-43(41-30)17-15-37)26-11-9-10-25(18-26)19-38-33(46)23(2)24(3)42(4)28-21-49-22-28/h6-14,16,18,20,24,28,31-32H,2,5,15,17,19,21-22H2,1,3-4H3,(H,38,46)(H,40,47)/t24?,31-,32+/m1/s1. The number of benzene rings is 2. The topological polar surface area (TPSA) is 127 Å². The molecule has 2 aliphatic heterocycles. The van der Waals surface area contributed by atoms with Crippen LogP contribution in [0.5, 0.6) is 0 Å². The average Bonchev–Trinajstić information content (AvgIpc) is 3.75. The van der Waals surface area contributed by atoms with Crippen molar-refractivity contribution in [1.82, 2.24) is 35.1 Å². The van der Waals surface area contributed by atoms with Crippen molar-refractivity contribution in [3.05, 3.63) is 108 Å². The Morgan fingerprint density at radius 1 is 1.14 bits per heavy atom. The van der Waals surface area contributed by atoms with Crippen molar-refractivity contribution in [1.29, 1.82) is 0 Å². The smallest absolute Gasteiger partial charge is 0.272 e. The quantitative estimate of drug-likeness (QED) is 0.210. The van der Waals surface area contributed by atoms with Crippen molar-refractivity contribution >= 4 is 23.5 Å². The summed E-state index contributed by atoms with van der Waals surface area (Å²) in [6, 6.07) is 17.7. The summed E-state index contributed by atoms with van der Waals surface area (Å²) >= 11 is 0. The summed E-state index contributed by atoms with van der Waals surface area (Å²) in [6.07, 6.45) is 3.27. The first-order valence-corrected chi connectivity index (χ1v) is 16.4. The van der Waals surface area contributed by atoms with Gasteiger partial charge in [-0.2, -0.15) is 10.2 Å². The number of fused-ring (bicyclic) bond motifs is 1. The molecule has 1 saturated heterocycles. The van der Waals surface area contributed by atoms with Gasteiger partial charge in [-0.3, -0.25) is 28.9 Å². The Hall–Kier alpha value is -5.14. The summed E-state index contributed by atoms with van der Waals surface area (Å²) in [5.41, 5.74) is 3.65. The molecule has 0 spiro atoms. The maximum Gasteiger partial charge on any atom is 0.272 e. The van der Waals surface area contributed by atoms with Gasteiger partial charge in [0.25, 0.3) is 11.8 Å². The number of nitrogens with one attached hydrogen (secondary N) is 2. The molecule has 13 heteroatoms. The number of hydrogen-bond donors (Lipinski definition) is 2. The predicted molar refractivity (Wildman–Crippen MR) is 182 cm³/mol. The highest BCUT2D eigenvalue weighted by atomic mass is 19.1. The second-order valence-electron chi connectivity index (χ2n) is 12.3. The highest BCUT2D eigenvalue weighted by Gasteiger charge is 2.44. The van der Waals surface area contributed by atoms with Crippen molar-refractivity contribution in [2.24, 2.45) is 0 Å². The average molecular weight is 669 g/mol. The predicted octanol–water partition coefficient (Wildman–Crippen LogP) is 3.23. The number of carbonyl (C=O) groups is 3. The van der Waals surface area contributed by atoms with Gasteiger partial charge < -0.3 is 15.4 Å². The Labute approximate surface area is 284 Å². The van der Waals surface area contributed by atoms with Crippen molar-refractivity contribution in [3.63, 3.8) is 0 Å². The van der Waals surface area contributed by atoms with Crippen LogP contribution < -0.4 is 15.5 Å². The van der Waals surface area contributed by atoms with Crippen molar-refractivity contribution in [3.8, 4) is 5.69 Å². The monoisotopic (exact) mass is 668 g/mol. The fraction of sp³-hybridized carbons (Fsp3) is 0.361. The molecule has 0 radical (unpaired) electrons. The number of anilines is 1. The minimum atomic E-state index is -1.00. The van der Waals surface area contributed by atoms with E-state index in [4.69, 9.17) is 9.84 Å².